The van der Waals surface area contributed by atoms with Crippen LogP contribution in [0.1, 0.15) is 31.4 Å². The Kier molecular flexibility index (Phi) is 5.61. The molecule has 2 rings (SSSR count). The Labute approximate surface area is 120 Å². The third-order valence-electron chi connectivity index (χ3n) is 3.87. The maximum atomic E-state index is 6.05. The smallest absolute Gasteiger partial charge is 0.184 e. The van der Waals surface area contributed by atoms with E-state index in [9.17, 15) is 0 Å². The fraction of sp³-hybridized carbons (Fsp3) is 0.667. The van der Waals surface area contributed by atoms with E-state index < -0.39 is 0 Å². The molecule has 2 atom stereocenters. The molecule has 2 unspecified atom stereocenters. The summed E-state index contributed by atoms with van der Waals surface area (Å²) in [5.41, 5.74) is 0.785. The van der Waals surface area contributed by atoms with Gasteiger partial charge in [-0.15, -0.1) is 0 Å². The second-order valence-electron chi connectivity index (χ2n) is 5.02. The molecule has 0 radical (unpaired) electrons. The van der Waals surface area contributed by atoms with Crippen LogP contribution in [0.15, 0.2) is 12.3 Å². The van der Waals surface area contributed by atoms with Crippen molar-refractivity contribution in [2.24, 2.45) is 0 Å². The first-order valence-electron chi connectivity index (χ1n) is 7.14. The van der Waals surface area contributed by atoms with E-state index in [1.54, 1.807) is 26.5 Å². The molecular formula is C15H24N2O3. The summed E-state index contributed by atoms with van der Waals surface area (Å²) in [6, 6.07) is 2.22. The molecular weight excluding hydrogens is 256 g/mol. The molecule has 1 heterocycles. The molecule has 20 heavy (non-hydrogen) atoms. The Balaban J connectivity index is 2.03. The van der Waals surface area contributed by atoms with Gasteiger partial charge >= 0.3 is 0 Å². The first-order chi connectivity index (χ1) is 9.80. The van der Waals surface area contributed by atoms with Crippen molar-refractivity contribution in [1.29, 1.82) is 0 Å². The van der Waals surface area contributed by atoms with Crippen LogP contribution in [0.5, 0.6) is 11.5 Å². The Hall–Kier alpha value is -1.33. The second-order valence-corrected chi connectivity index (χ2v) is 5.02. The summed E-state index contributed by atoms with van der Waals surface area (Å²) in [7, 11) is 5.25. The topological polar surface area (TPSA) is 52.6 Å². The SMILES string of the molecule is CNC1CCCCC1OCc1nccc(OC)c1OC. The largest absolute Gasteiger partial charge is 0.493 e. The number of nitrogens with one attached hydrogen (secondary N) is 1. The number of hydrogen-bond acceptors (Lipinski definition) is 5. The van der Waals surface area contributed by atoms with Crippen LogP contribution in [-0.2, 0) is 11.3 Å². The summed E-state index contributed by atoms with van der Waals surface area (Å²) in [6.07, 6.45) is 6.72. The fourth-order valence-corrected chi connectivity index (χ4v) is 2.77. The average molecular weight is 280 g/mol. The van der Waals surface area contributed by atoms with E-state index in [0.29, 0.717) is 24.1 Å². The van der Waals surface area contributed by atoms with Gasteiger partial charge in [-0.1, -0.05) is 12.8 Å². The predicted molar refractivity (Wildman–Crippen MR) is 77.2 cm³/mol. The molecule has 5 nitrogen and oxygen atoms in total. The number of hydrogen-bond donors (Lipinski definition) is 1. The van der Waals surface area contributed by atoms with E-state index >= 15 is 0 Å². The zero-order valence-electron chi connectivity index (χ0n) is 12.5. The van der Waals surface area contributed by atoms with E-state index in [2.05, 4.69) is 10.3 Å². The number of pyridine rings is 1. The number of likely N-dealkylation sites (N-methyl/N-ethyl adjacent to an activating group) is 1. The molecule has 0 spiro atoms. The fourth-order valence-electron chi connectivity index (χ4n) is 2.77. The molecule has 1 N–H and O–H groups in total. The van der Waals surface area contributed by atoms with Gasteiger partial charge in [-0.25, -0.2) is 0 Å². The van der Waals surface area contributed by atoms with Gasteiger partial charge < -0.3 is 19.5 Å². The zero-order chi connectivity index (χ0) is 14.4. The first-order valence-corrected chi connectivity index (χ1v) is 7.14. The summed E-state index contributed by atoms with van der Waals surface area (Å²) in [4.78, 5) is 4.34. The van der Waals surface area contributed by atoms with Crippen LogP contribution in [0.2, 0.25) is 0 Å². The van der Waals surface area contributed by atoms with Gasteiger partial charge in [0.25, 0.3) is 0 Å². The van der Waals surface area contributed by atoms with Crippen LogP contribution in [0.3, 0.4) is 0 Å². The van der Waals surface area contributed by atoms with Gasteiger partial charge in [-0.05, 0) is 19.9 Å². The number of ether oxygens (including phenoxy) is 3. The van der Waals surface area contributed by atoms with E-state index in [0.717, 1.165) is 12.1 Å². The minimum atomic E-state index is 0.242. The molecule has 1 aliphatic carbocycles. The molecule has 112 valence electrons. The number of aromatic nitrogens is 1. The van der Waals surface area contributed by atoms with E-state index in [4.69, 9.17) is 14.2 Å². The van der Waals surface area contributed by atoms with Gasteiger partial charge in [0, 0.05) is 18.3 Å². The number of rotatable bonds is 6. The minimum Gasteiger partial charge on any atom is -0.493 e. The van der Waals surface area contributed by atoms with Crippen molar-refractivity contribution in [3.05, 3.63) is 18.0 Å². The van der Waals surface area contributed by atoms with Gasteiger partial charge in [0.1, 0.15) is 5.69 Å². The van der Waals surface area contributed by atoms with Gasteiger partial charge in [-0.2, -0.15) is 0 Å². The lowest BCUT2D eigenvalue weighted by Crippen LogP contribution is -2.41. The zero-order valence-corrected chi connectivity index (χ0v) is 12.5. The van der Waals surface area contributed by atoms with Crippen molar-refractivity contribution in [2.75, 3.05) is 21.3 Å². The highest BCUT2D eigenvalue weighted by atomic mass is 16.5. The van der Waals surface area contributed by atoms with Crippen LogP contribution in [0, 0.1) is 0 Å². The highest BCUT2D eigenvalue weighted by molar-refractivity contribution is 5.42. The van der Waals surface area contributed by atoms with Gasteiger partial charge in [-0.3, -0.25) is 4.98 Å². The van der Waals surface area contributed by atoms with Gasteiger partial charge in [0.2, 0.25) is 0 Å². The Morgan fingerprint density at radius 1 is 1.25 bits per heavy atom. The lowest BCUT2D eigenvalue weighted by molar-refractivity contribution is -0.00585. The summed E-state index contributed by atoms with van der Waals surface area (Å²) in [5, 5.41) is 3.34. The van der Waals surface area contributed by atoms with E-state index in [1.807, 2.05) is 7.05 Å². The molecule has 5 heteroatoms. The minimum absolute atomic E-state index is 0.242. The highest BCUT2D eigenvalue weighted by Crippen LogP contribution is 2.30. The number of nitrogens with zero attached hydrogens (tertiary/aromatic N) is 1. The third kappa shape index (κ3) is 3.41. The maximum Gasteiger partial charge on any atom is 0.184 e. The van der Waals surface area contributed by atoms with Crippen molar-refractivity contribution in [3.63, 3.8) is 0 Å². The average Bonchev–Trinajstić information content (AvgIpc) is 2.52. The Bertz CT molecular complexity index is 426. The molecule has 0 amide bonds. The summed E-state index contributed by atoms with van der Waals surface area (Å²) >= 11 is 0. The van der Waals surface area contributed by atoms with Crippen LogP contribution >= 0.6 is 0 Å². The molecule has 0 saturated heterocycles. The van der Waals surface area contributed by atoms with Gasteiger partial charge in [0.05, 0.1) is 26.9 Å². The lowest BCUT2D eigenvalue weighted by atomic mass is 9.92. The molecule has 1 fully saturated rings. The maximum absolute atomic E-state index is 6.05. The molecule has 0 aromatic carbocycles. The molecule has 1 aromatic rings. The van der Waals surface area contributed by atoms with E-state index in [-0.39, 0.29) is 6.10 Å². The first kappa shape index (κ1) is 15.1. The van der Waals surface area contributed by atoms with E-state index in [1.165, 1.54) is 19.3 Å². The summed E-state index contributed by atoms with van der Waals surface area (Å²) in [6.45, 7) is 0.448. The van der Waals surface area contributed by atoms with Crippen molar-refractivity contribution >= 4 is 0 Å². The molecule has 1 aromatic heterocycles. The van der Waals surface area contributed by atoms with Crippen molar-refractivity contribution in [2.45, 2.75) is 44.4 Å². The Morgan fingerprint density at radius 2 is 2.05 bits per heavy atom. The van der Waals surface area contributed by atoms with Crippen molar-refractivity contribution < 1.29 is 14.2 Å². The van der Waals surface area contributed by atoms with Crippen LogP contribution in [0.4, 0.5) is 0 Å². The highest BCUT2D eigenvalue weighted by Gasteiger charge is 2.25. The predicted octanol–water partition coefficient (Wildman–Crippen LogP) is 2.15. The van der Waals surface area contributed by atoms with Crippen LogP contribution in [-0.4, -0.2) is 38.4 Å². The standard InChI is InChI=1S/C15H24N2O3/c1-16-11-6-4-5-7-13(11)20-10-12-15(19-3)14(18-2)8-9-17-12/h8-9,11,13,16H,4-7,10H2,1-3H3. The van der Waals surface area contributed by atoms with Gasteiger partial charge in [0.15, 0.2) is 11.5 Å². The summed E-state index contributed by atoms with van der Waals surface area (Å²) < 4.78 is 16.7. The molecule has 0 bridgehead atoms. The van der Waals surface area contributed by atoms with Crippen LogP contribution < -0.4 is 14.8 Å². The summed E-state index contributed by atoms with van der Waals surface area (Å²) in [5.74, 6) is 1.35. The normalized spacial score (nSPS) is 22.6. The molecule has 1 aliphatic rings. The Morgan fingerprint density at radius 3 is 2.75 bits per heavy atom. The lowest BCUT2D eigenvalue weighted by Gasteiger charge is -2.31. The third-order valence-corrected chi connectivity index (χ3v) is 3.87. The van der Waals surface area contributed by atoms with Crippen molar-refractivity contribution in [1.82, 2.24) is 10.3 Å². The van der Waals surface area contributed by atoms with Crippen LogP contribution in [0.25, 0.3) is 0 Å². The number of methoxy groups -OCH3 is 2. The molecule has 1 saturated carbocycles. The second kappa shape index (κ2) is 7.45. The monoisotopic (exact) mass is 280 g/mol. The quantitative estimate of drug-likeness (QED) is 0.865. The molecule has 0 aliphatic heterocycles. The van der Waals surface area contributed by atoms with Crippen molar-refractivity contribution in [3.8, 4) is 11.5 Å².